The van der Waals surface area contributed by atoms with Crippen LogP contribution < -0.4 is 10.6 Å². The molecule has 1 atom stereocenters. The molecule has 0 aliphatic carbocycles. The molecule has 0 saturated carbocycles. The Hall–Kier alpha value is -3.08. The lowest BCUT2D eigenvalue weighted by molar-refractivity contribution is -0.113. The first-order chi connectivity index (χ1) is 16.2. The van der Waals surface area contributed by atoms with Gasteiger partial charge < -0.3 is 19.9 Å². The molecular weight excluding hydrogens is 501 g/mol. The molecule has 0 aliphatic heterocycles. The topological polar surface area (TPSA) is 115 Å². The van der Waals surface area contributed by atoms with Crippen molar-refractivity contribution in [2.45, 2.75) is 18.1 Å². The molecule has 2 N–H and O–H groups in total. The summed E-state index contributed by atoms with van der Waals surface area (Å²) in [6.45, 7) is 1.77. The quantitative estimate of drug-likeness (QED) is 0.338. The molecule has 1 heterocycles. The van der Waals surface area contributed by atoms with Crippen LogP contribution in [0.5, 0.6) is 0 Å². The van der Waals surface area contributed by atoms with Crippen LogP contribution in [0.2, 0.25) is 10.0 Å². The van der Waals surface area contributed by atoms with Crippen LogP contribution in [0.15, 0.2) is 47.6 Å². The number of rotatable bonds is 8. The Balaban J connectivity index is 1.58. The van der Waals surface area contributed by atoms with E-state index in [0.29, 0.717) is 32.8 Å². The van der Waals surface area contributed by atoms with Crippen LogP contribution >= 0.6 is 35.0 Å². The van der Waals surface area contributed by atoms with Crippen molar-refractivity contribution >= 4 is 58.4 Å². The van der Waals surface area contributed by atoms with Crippen molar-refractivity contribution in [3.63, 3.8) is 0 Å². The van der Waals surface area contributed by atoms with Crippen molar-refractivity contribution < 1.29 is 19.1 Å². The number of methoxy groups -OCH3 is 1. The highest BCUT2D eigenvalue weighted by Crippen LogP contribution is 2.24. The lowest BCUT2D eigenvalue weighted by Gasteiger charge is -2.14. The summed E-state index contributed by atoms with van der Waals surface area (Å²) in [7, 11) is 3.04. The van der Waals surface area contributed by atoms with E-state index < -0.39 is 12.0 Å². The second-order valence-corrected chi connectivity index (χ2v) is 8.89. The first-order valence-electron chi connectivity index (χ1n) is 9.95. The van der Waals surface area contributed by atoms with E-state index in [1.54, 1.807) is 48.9 Å². The zero-order valence-electron chi connectivity index (χ0n) is 18.5. The van der Waals surface area contributed by atoms with E-state index >= 15 is 0 Å². The number of esters is 1. The first-order valence-corrected chi connectivity index (χ1v) is 11.7. The Labute approximate surface area is 210 Å². The van der Waals surface area contributed by atoms with Crippen LogP contribution in [0.1, 0.15) is 39.5 Å². The Morgan fingerprint density at radius 1 is 1.09 bits per heavy atom. The smallest absolute Gasteiger partial charge is 0.337 e. The van der Waals surface area contributed by atoms with Crippen LogP contribution in [0, 0.1) is 0 Å². The van der Waals surface area contributed by atoms with Crippen LogP contribution in [0.25, 0.3) is 0 Å². The van der Waals surface area contributed by atoms with Crippen molar-refractivity contribution in [3.8, 4) is 0 Å². The van der Waals surface area contributed by atoms with Gasteiger partial charge in [0.05, 0.1) is 34.5 Å². The fourth-order valence-corrected chi connectivity index (χ4v) is 4.00. The predicted molar refractivity (Wildman–Crippen MR) is 130 cm³/mol. The number of benzene rings is 2. The summed E-state index contributed by atoms with van der Waals surface area (Å²) in [5, 5.41) is 15.0. The van der Waals surface area contributed by atoms with Crippen LogP contribution in [-0.2, 0) is 16.6 Å². The highest BCUT2D eigenvalue weighted by Gasteiger charge is 2.19. The minimum absolute atomic E-state index is 0.0679. The van der Waals surface area contributed by atoms with E-state index in [1.807, 2.05) is 0 Å². The number of aromatic nitrogens is 3. The maximum absolute atomic E-state index is 12.5. The first kappa shape index (κ1) is 25.5. The highest BCUT2D eigenvalue weighted by atomic mass is 35.5. The van der Waals surface area contributed by atoms with Gasteiger partial charge in [-0.25, -0.2) is 4.79 Å². The molecule has 0 saturated heterocycles. The number of carbonyl (C=O) groups excluding carboxylic acids is 3. The molecule has 2 amide bonds. The number of nitrogens with one attached hydrogen (secondary N) is 2. The molecule has 0 bridgehead atoms. The summed E-state index contributed by atoms with van der Waals surface area (Å²) in [4.78, 5) is 36.5. The third-order valence-electron chi connectivity index (χ3n) is 4.69. The third-order valence-corrected chi connectivity index (χ3v) is 6.44. The lowest BCUT2D eigenvalue weighted by Crippen LogP contribution is -2.28. The summed E-state index contributed by atoms with van der Waals surface area (Å²) in [5.74, 6) is -0.521. The summed E-state index contributed by atoms with van der Waals surface area (Å²) in [6, 6.07) is 10.6. The Morgan fingerprint density at radius 3 is 2.56 bits per heavy atom. The molecular formula is C22H21Cl2N5O4S. The number of amides is 2. The molecule has 0 fully saturated rings. The molecule has 178 valence electrons. The van der Waals surface area contributed by atoms with Crippen LogP contribution in [0.4, 0.5) is 5.69 Å². The average Bonchev–Trinajstić information content (AvgIpc) is 3.19. The van der Waals surface area contributed by atoms with E-state index in [1.165, 1.54) is 31.0 Å². The van der Waals surface area contributed by atoms with Crippen molar-refractivity contribution in [3.05, 3.63) is 69.5 Å². The third kappa shape index (κ3) is 6.28. The fraction of sp³-hybridized carbons (Fsp3) is 0.227. The Kier molecular flexibility index (Phi) is 8.54. The SMILES string of the molecule is COC(=O)c1cccc(NC(=O)CSc2nnc([C@H](C)NC(=O)c3ccc(Cl)c(Cl)c3)n2C)c1. The average molecular weight is 522 g/mol. The predicted octanol–water partition coefficient (Wildman–Crippen LogP) is 4.13. The van der Waals surface area contributed by atoms with Gasteiger partial charge in [-0.3, -0.25) is 9.59 Å². The molecule has 2 aromatic carbocycles. The molecule has 12 heteroatoms. The standard InChI is InChI=1S/C22H21Cl2N5O4S/c1-12(25-20(31)13-7-8-16(23)17(24)10-13)19-27-28-22(29(19)2)34-11-18(30)26-15-6-4-5-14(9-15)21(32)33-3/h4-10,12H,11H2,1-3H3,(H,25,31)(H,26,30)/t12-/m0/s1. The van der Waals surface area contributed by atoms with Crippen molar-refractivity contribution in [2.75, 3.05) is 18.2 Å². The van der Waals surface area contributed by atoms with E-state index in [4.69, 9.17) is 23.2 Å². The van der Waals surface area contributed by atoms with Gasteiger partial charge in [0.25, 0.3) is 5.91 Å². The van der Waals surface area contributed by atoms with Gasteiger partial charge in [0.1, 0.15) is 0 Å². The molecule has 0 radical (unpaired) electrons. The van der Waals surface area contributed by atoms with Gasteiger partial charge in [0.15, 0.2) is 11.0 Å². The van der Waals surface area contributed by atoms with Gasteiger partial charge in [-0.15, -0.1) is 10.2 Å². The van der Waals surface area contributed by atoms with Crippen molar-refractivity contribution in [2.24, 2.45) is 7.05 Å². The Bertz CT molecular complexity index is 1230. The Morgan fingerprint density at radius 2 is 1.85 bits per heavy atom. The minimum Gasteiger partial charge on any atom is -0.465 e. The zero-order valence-corrected chi connectivity index (χ0v) is 20.8. The summed E-state index contributed by atoms with van der Waals surface area (Å²) in [5.41, 5.74) is 1.18. The fourth-order valence-electron chi connectivity index (χ4n) is 2.98. The van der Waals surface area contributed by atoms with Crippen molar-refractivity contribution in [1.82, 2.24) is 20.1 Å². The second-order valence-electron chi connectivity index (χ2n) is 7.13. The molecule has 34 heavy (non-hydrogen) atoms. The second kappa shape index (κ2) is 11.4. The summed E-state index contributed by atoms with van der Waals surface area (Å²) in [6.07, 6.45) is 0. The maximum atomic E-state index is 12.5. The molecule has 3 aromatic rings. The van der Waals surface area contributed by atoms with Gasteiger partial charge in [-0.1, -0.05) is 41.0 Å². The number of thioether (sulfide) groups is 1. The molecule has 3 rings (SSSR count). The largest absolute Gasteiger partial charge is 0.465 e. The van der Waals surface area contributed by atoms with E-state index in [0.717, 1.165) is 0 Å². The van der Waals surface area contributed by atoms with Gasteiger partial charge in [-0.05, 0) is 43.3 Å². The summed E-state index contributed by atoms with van der Waals surface area (Å²) >= 11 is 13.1. The summed E-state index contributed by atoms with van der Waals surface area (Å²) < 4.78 is 6.39. The molecule has 1 aromatic heterocycles. The van der Waals surface area contributed by atoms with Gasteiger partial charge in [0.2, 0.25) is 5.91 Å². The maximum Gasteiger partial charge on any atom is 0.337 e. The molecule has 0 unspecified atom stereocenters. The van der Waals surface area contributed by atoms with E-state index in [-0.39, 0.29) is 22.6 Å². The van der Waals surface area contributed by atoms with Gasteiger partial charge in [-0.2, -0.15) is 0 Å². The molecule has 9 nitrogen and oxygen atoms in total. The monoisotopic (exact) mass is 521 g/mol. The zero-order chi connectivity index (χ0) is 24.8. The van der Waals surface area contributed by atoms with E-state index in [9.17, 15) is 14.4 Å². The number of nitrogens with zero attached hydrogens (tertiary/aromatic N) is 3. The minimum atomic E-state index is -0.488. The van der Waals surface area contributed by atoms with Gasteiger partial charge in [0, 0.05) is 18.3 Å². The number of hydrogen-bond donors (Lipinski definition) is 2. The van der Waals surface area contributed by atoms with Crippen LogP contribution in [-0.4, -0.2) is 45.4 Å². The number of halogens is 2. The van der Waals surface area contributed by atoms with Crippen LogP contribution in [0.3, 0.4) is 0 Å². The number of carbonyl (C=O) groups is 3. The van der Waals surface area contributed by atoms with Crippen molar-refractivity contribution in [1.29, 1.82) is 0 Å². The van der Waals surface area contributed by atoms with Gasteiger partial charge >= 0.3 is 5.97 Å². The highest BCUT2D eigenvalue weighted by molar-refractivity contribution is 7.99. The van der Waals surface area contributed by atoms with E-state index in [2.05, 4.69) is 25.6 Å². The normalized spacial score (nSPS) is 11.6. The number of ether oxygens (including phenoxy) is 1. The molecule has 0 aliphatic rings. The number of hydrogen-bond acceptors (Lipinski definition) is 7. The number of anilines is 1. The lowest BCUT2D eigenvalue weighted by atomic mass is 10.2. The molecule has 0 spiro atoms.